The highest BCUT2D eigenvalue weighted by molar-refractivity contribution is 4.44. The lowest BCUT2D eigenvalue weighted by Gasteiger charge is -2.16. The lowest BCUT2D eigenvalue weighted by atomic mass is 10.1. The molecule has 80 valence electrons. The molecule has 0 aliphatic heterocycles. The topological polar surface area (TPSA) is 18.5 Å². The molecule has 0 aromatic heterocycles. The molecule has 2 nitrogen and oxygen atoms in total. The number of hydrogen-bond donors (Lipinski definition) is 0. The molecule has 0 radical (unpaired) electrons. The Hall–Kier alpha value is -0.0800. The van der Waals surface area contributed by atoms with Gasteiger partial charge in [0.15, 0.2) is 6.29 Å². The zero-order valence-corrected chi connectivity index (χ0v) is 9.67. The minimum Gasteiger partial charge on any atom is -0.353 e. The van der Waals surface area contributed by atoms with Crippen molar-refractivity contribution in [1.29, 1.82) is 0 Å². The quantitative estimate of drug-likeness (QED) is 0.572. The van der Waals surface area contributed by atoms with E-state index in [4.69, 9.17) is 9.47 Å². The van der Waals surface area contributed by atoms with Gasteiger partial charge in [0, 0.05) is 6.61 Å². The van der Waals surface area contributed by atoms with Gasteiger partial charge in [-0.3, -0.25) is 0 Å². The van der Waals surface area contributed by atoms with Crippen molar-refractivity contribution in [2.45, 2.75) is 47.3 Å². The van der Waals surface area contributed by atoms with Gasteiger partial charge in [0.1, 0.15) is 0 Å². The van der Waals surface area contributed by atoms with E-state index >= 15 is 0 Å². The first kappa shape index (κ1) is 12.9. The first-order valence-corrected chi connectivity index (χ1v) is 5.25. The van der Waals surface area contributed by atoms with E-state index in [2.05, 4.69) is 27.7 Å². The summed E-state index contributed by atoms with van der Waals surface area (Å²) in [6.07, 6.45) is 1.05. The third kappa shape index (κ3) is 9.84. The van der Waals surface area contributed by atoms with E-state index in [0.717, 1.165) is 19.6 Å². The van der Waals surface area contributed by atoms with Crippen LogP contribution in [0.25, 0.3) is 0 Å². The minimum absolute atomic E-state index is 0.0545. The molecule has 0 N–H and O–H groups in total. The Kier molecular flexibility index (Phi) is 7.29. The van der Waals surface area contributed by atoms with Crippen molar-refractivity contribution in [3.8, 4) is 0 Å². The van der Waals surface area contributed by atoms with Crippen LogP contribution in [0.4, 0.5) is 0 Å². The minimum atomic E-state index is -0.0545. The molecule has 0 aliphatic rings. The number of hydrogen-bond acceptors (Lipinski definition) is 2. The molecule has 0 fully saturated rings. The van der Waals surface area contributed by atoms with Crippen LogP contribution < -0.4 is 0 Å². The second-order valence-corrected chi connectivity index (χ2v) is 4.35. The molecule has 0 rings (SSSR count). The Morgan fingerprint density at radius 2 is 1.46 bits per heavy atom. The first-order chi connectivity index (χ1) is 6.02. The van der Waals surface area contributed by atoms with Crippen LogP contribution in [0.2, 0.25) is 0 Å². The number of rotatable bonds is 7. The molecule has 1 atom stereocenters. The maximum absolute atomic E-state index is 5.48. The summed E-state index contributed by atoms with van der Waals surface area (Å²) in [6.45, 7) is 12.2. The fourth-order valence-electron chi connectivity index (χ4n) is 0.846. The summed E-state index contributed by atoms with van der Waals surface area (Å²) >= 11 is 0. The molecule has 0 spiro atoms. The van der Waals surface area contributed by atoms with Crippen molar-refractivity contribution in [3.63, 3.8) is 0 Å². The van der Waals surface area contributed by atoms with Gasteiger partial charge < -0.3 is 9.47 Å². The summed E-state index contributed by atoms with van der Waals surface area (Å²) in [4.78, 5) is 0. The number of ether oxygens (including phenoxy) is 2. The molecule has 0 heterocycles. The van der Waals surface area contributed by atoms with Crippen molar-refractivity contribution in [1.82, 2.24) is 0 Å². The predicted molar refractivity (Wildman–Crippen MR) is 55.7 cm³/mol. The van der Waals surface area contributed by atoms with Crippen molar-refractivity contribution < 1.29 is 9.47 Å². The Bertz CT molecular complexity index is 111. The van der Waals surface area contributed by atoms with E-state index in [1.54, 1.807) is 0 Å². The normalized spacial score (nSPS) is 14.1. The largest absolute Gasteiger partial charge is 0.353 e. The fraction of sp³-hybridized carbons (Fsp3) is 1.00. The summed E-state index contributed by atoms with van der Waals surface area (Å²) in [5, 5.41) is 0. The van der Waals surface area contributed by atoms with Gasteiger partial charge in [-0.1, -0.05) is 27.7 Å². The Morgan fingerprint density at radius 1 is 0.846 bits per heavy atom. The second-order valence-electron chi connectivity index (χ2n) is 4.35. The lowest BCUT2D eigenvalue weighted by Crippen LogP contribution is -2.17. The van der Waals surface area contributed by atoms with E-state index in [9.17, 15) is 0 Å². The molecule has 0 saturated heterocycles. The Labute approximate surface area is 82.6 Å². The highest BCUT2D eigenvalue weighted by Gasteiger charge is 2.03. The summed E-state index contributed by atoms with van der Waals surface area (Å²) in [5.74, 6) is 1.29. The molecular formula is C11H24O2. The van der Waals surface area contributed by atoms with Crippen molar-refractivity contribution in [3.05, 3.63) is 0 Å². The van der Waals surface area contributed by atoms with Gasteiger partial charge >= 0.3 is 0 Å². The summed E-state index contributed by atoms with van der Waals surface area (Å²) in [5.41, 5.74) is 0. The molecule has 0 aromatic carbocycles. The van der Waals surface area contributed by atoms with Crippen LogP contribution in [-0.2, 0) is 9.47 Å². The van der Waals surface area contributed by atoms with Crippen LogP contribution in [-0.4, -0.2) is 19.5 Å². The first-order valence-electron chi connectivity index (χ1n) is 5.25. The maximum Gasteiger partial charge on any atom is 0.154 e. The smallest absolute Gasteiger partial charge is 0.154 e. The van der Waals surface area contributed by atoms with Gasteiger partial charge in [0.2, 0.25) is 0 Å². The zero-order valence-electron chi connectivity index (χ0n) is 9.67. The van der Waals surface area contributed by atoms with Gasteiger partial charge in [0.05, 0.1) is 6.61 Å². The van der Waals surface area contributed by atoms with Crippen LogP contribution in [0.1, 0.15) is 41.0 Å². The molecule has 0 unspecified atom stereocenters. The maximum atomic E-state index is 5.48. The molecule has 0 aliphatic carbocycles. The van der Waals surface area contributed by atoms with Crippen LogP contribution in [0.3, 0.4) is 0 Å². The molecule has 2 heteroatoms. The van der Waals surface area contributed by atoms with Gasteiger partial charge in [-0.2, -0.15) is 0 Å². The van der Waals surface area contributed by atoms with Gasteiger partial charge in [-0.25, -0.2) is 0 Å². The molecule has 0 aromatic rings. The van der Waals surface area contributed by atoms with Crippen LogP contribution in [0.5, 0.6) is 0 Å². The van der Waals surface area contributed by atoms with Crippen LogP contribution in [0, 0.1) is 11.8 Å². The van der Waals surface area contributed by atoms with E-state index in [-0.39, 0.29) is 6.29 Å². The monoisotopic (exact) mass is 188 g/mol. The summed E-state index contributed by atoms with van der Waals surface area (Å²) in [6, 6.07) is 0. The van der Waals surface area contributed by atoms with E-state index < -0.39 is 0 Å². The second kappa shape index (κ2) is 7.34. The van der Waals surface area contributed by atoms with Gasteiger partial charge in [-0.05, 0) is 25.2 Å². The summed E-state index contributed by atoms with van der Waals surface area (Å²) in [7, 11) is 0. The van der Waals surface area contributed by atoms with Crippen molar-refractivity contribution >= 4 is 0 Å². The molecule has 0 saturated carbocycles. The lowest BCUT2D eigenvalue weighted by molar-refractivity contribution is -0.138. The third-order valence-electron chi connectivity index (χ3n) is 1.71. The van der Waals surface area contributed by atoms with Gasteiger partial charge in [-0.15, -0.1) is 0 Å². The average Bonchev–Trinajstić information content (AvgIpc) is 2.00. The highest BCUT2D eigenvalue weighted by atomic mass is 16.7. The predicted octanol–water partition coefficient (Wildman–Crippen LogP) is 3.07. The van der Waals surface area contributed by atoms with Gasteiger partial charge in [0.25, 0.3) is 0 Å². The SMILES string of the molecule is CC(C)CCO[C@@H](C)OCC(C)C. The Morgan fingerprint density at radius 3 is 1.92 bits per heavy atom. The molecule has 0 bridgehead atoms. The summed E-state index contributed by atoms with van der Waals surface area (Å²) < 4.78 is 10.9. The zero-order chi connectivity index (χ0) is 10.3. The molecule has 0 amide bonds. The van der Waals surface area contributed by atoms with Crippen LogP contribution >= 0.6 is 0 Å². The van der Waals surface area contributed by atoms with Crippen LogP contribution in [0.15, 0.2) is 0 Å². The van der Waals surface area contributed by atoms with E-state index in [0.29, 0.717) is 11.8 Å². The van der Waals surface area contributed by atoms with Crippen molar-refractivity contribution in [2.75, 3.05) is 13.2 Å². The Balaban J connectivity index is 3.25. The van der Waals surface area contributed by atoms with E-state index in [1.807, 2.05) is 6.92 Å². The fourth-order valence-corrected chi connectivity index (χ4v) is 0.846. The third-order valence-corrected chi connectivity index (χ3v) is 1.71. The standard InChI is InChI=1S/C11H24O2/c1-9(2)6-7-12-11(5)13-8-10(3)4/h9-11H,6-8H2,1-5H3/t11-/m1/s1. The molecular weight excluding hydrogens is 164 g/mol. The molecule has 13 heavy (non-hydrogen) atoms. The van der Waals surface area contributed by atoms with Crippen molar-refractivity contribution in [2.24, 2.45) is 11.8 Å². The highest BCUT2D eigenvalue weighted by Crippen LogP contribution is 2.03. The average molecular weight is 188 g/mol. The van der Waals surface area contributed by atoms with E-state index in [1.165, 1.54) is 0 Å².